The second kappa shape index (κ2) is 9.22. The summed E-state index contributed by atoms with van der Waals surface area (Å²) < 4.78 is 12.9. The molecule has 130 valence electrons. The van der Waals surface area contributed by atoms with Gasteiger partial charge in [0.1, 0.15) is 5.82 Å². The van der Waals surface area contributed by atoms with Crippen LogP contribution < -0.4 is 10.9 Å². The van der Waals surface area contributed by atoms with Gasteiger partial charge >= 0.3 is 6.03 Å². The molecule has 0 aliphatic heterocycles. The van der Waals surface area contributed by atoms with E-state index in [4.69, 9.17) is 0 Å². The van der Waals surface area contributed by atoms with Gasteiger partial charge in [0.15, 0.2) is 0 Å². The maximum Gasteiger partial charge on any atom is 0.336 e. The highest BCUT2D eigenvalue weighted by molar-refractivity contribution is 5.95. The van der Waals surface area contributed by atoms with Gasteiger partial charge in [-0.1, -0.05) is 36.4 Å². The van der Waals surface area contributed by atoms with Crippen LogP contribution in [0.3, 0.4) is 0 Å². The summed E-state index contributed by atoms with van der Waals surface area (Å²) in [6, 6.07) is 14.4. The van der Waals surface area contributed by atoms with Crippen LogP contribution in [0.1, 0.15) is 15.9 Å². The predicted octanol–water partition coefficient (Wildman–Crippen LogP) is 2.91. The lowest BCUT2D eigenvalue weighted by molar-refractivity contribution is 0.0930. The normalized spacial score (nSPS) is 9.96. The lowest BCUT2D eigenvalue weighted by Crippen LogP contribution is -2.49. The monoisotopic (exact) mass is 341 g/mol. The van der Waals surface area contributed by atoms with E-state index < -0.39 is 17.8 Å². The molecule has 2 N–H and O–H groups in total. The molecule has 0 aliphatic rings. The Balaban J connectivity index is 1.87. The van der Waals surface area contributed by atoms with Crippen LogP contribution in [0, 0.1) is 5.82 Å². The minimum atomic E-state index is -0.519. The van der Waals surface area contributed by atoms with Crippen molar-refractivity contribution in [2.45, 2.75) is 6.42 Å². The highest BCUT2D eigenvalue weighted by Gasteiger charge is 2.13. The maximum absolute atomic E-state index is 12.9. The van der Waals surface area contributed by atoms with E-state index in [1.807, 2.05) is 30.3 Å². The van der Waals surface area contributed by atoms with Crippen LogP contribution in [-0.2, 0) is 6.42 Å². The summed E-state index contributed by atoms with van der Waals surface area (Å²) >= 11 is 0. The van der Waals surface area contributed by atoms with Crippen molar-refractivity contribution in [3.63, 3.8) is 0 Å². The van der Waals surface area contributed by atoms with Gasteiger partial charge in [0.2, 0.25) is 0 Å². The molecule has 0 atom stereocenters. The van der Waals surface area contributed by atoms with Gasteiger partial charge in [-0.05, 0) is 36.2 Å². The average Bonchev–Trinajstić information content (AvgIpc) is 2.64. The lowest BCUT2D eigenvalue weighted by atomic mass is 10.1. The molecule has 0 bridgehead atoms. The van der Waals surface area contributed by atoms with Crippen LogP contribution in [0.4, 0.5) is 9.18 Å². The molecule has 5 nitrogen and oxygen atoms in total. The zero-order valence-corrected chi connectivity index (χ0v) is 13.7. The SMILES string of the molecule is C=CCN(CCc1ccccc1)C(=O)NNC(=O)c1ccc(F)cc1. The van der Waals surface area contributed by atoms with E-state index in [1.165, 1.54) is 29.2 Å². The third-order valence-electron chi connectivity index (χ3n) is 3.54. The molecule has 0 spiro atoms. The summed E-state index contributed by atoms with van der Waals surface area (Å²) in [5.41, 5.74) is 6.04. The number of urea groups is 1. The van der Waals surface area contributed by atoms with Gasteiger partial charge in [-0.3, -0.25) is 10.2 Å². The van der Waals surface area contributed by atoms with E-state index in [0.29, 0.717) is 19.5 Å². The van der Waals surface area contributed by atoms with Crippen molar-refractivity contribution in [3.8, 4) is 0 Å². The molecule has 0 saturated carbocycles. The molecule has 0 unspecified atom stereocenters. The zero-order valence-electron chi connectivity index (χ0n) is 13.7. The van der Waals surface area contributed by atoms with Crippen LogP contribution >= 0.6 is 0 Å². The number of carbonyl (C=O) groups is 2. The summed E-state index contributed by atoms with van der Waals surface area (Å²) in [7, 11) is 0. The molecule has 0 saturated heterocycles. The number of amides is 3. The van der Waals surface area contributed by atoms with Crippen LogP contribution in [0.5, 0.6) is 0 Å². The first-order valence-corrected chi connectivity index (χ1v) is 7.86. The van der Waals surface area contributed by atoms with Crippen LogP contribution in [-0.4, -0.2) is 29.9 Å². The Bertz CT molecular complexity index is 717. The predicted molar refractivity (Wildman–Crippen MR) is 94.3 cm³/mol. The molecule has 0 aliphatic carbocycles. The van der Waals surface area contributed by atoms with Crippen molar-refractivity contribution in [3.05, 3.63) is 84.2 Å². The smallest absolute Gasteiger partial charge is 0.319 e. The van der Waals surface area contributed by atoms with E-state index in [0.717, 1.165) is 5.56 Å². The fraction of sp³-hybridized carbons (Fsp3) is 0.158. The third kappa shape index (κ3) is 5.76. The van der Waals surface area contributed by atoms with Gasteiger partial charge in [-0.25, -0.2) is 14.6 Å². The zero-order chi connectivity index (χ0) is 18.1. The van der Waals surface area contributed by atoms with Crippen molar-refractivity contribution in [2.24, 2.45) is 0 Å². The Labute approximate surface area is 146 Å². The molecular weight excluding hydrogens is 321 g/mol. The highest BCUT2D eigenvalue weighted by Crippen LogP contribution is 2.03. The molecular formula is C19H20FN3O2. The summed E-state index contributed by atoms with van der Waals surface area (Å²) in [4.78, 5) is 25.7. The number of nitrogens with one attached hydrogen (secondary N) is 2. The summed E-state index contributed by atoms with van der Waals surface area (Å²) in [6.07, 6.45) is 2.31. The van der Waals surface area contributed by atoms with Gasteiger partial charge in [0.05, 0.1) is 0 Å². The molecule has 3 amide bonds. The maximum atomic E-state index is 12.9. The number of hydrogen-bond donors (Lipinski definition) is 2. The second-order valence-corrected chi connectivity index (χ2v) is 5.36. The Kier molecular flexibility index (Phi) is 6.71. The minimum absolute atomic E-state index is 0.251. The quantitative estimate of drug-likeness (QED) is 0.627. The average molecular weight is 341 g/mol. The Morgan fingerprint density at radius 2 is 1.72 bits per heavy atom. The summed E-state index contributed by atoms with van der Waals surface area (Å²) in [5.74, 6) is -0.950. The standard InChI is InChI=1S/C19H20FN3O2/c1-2-13-23(14-12-15-6-4-3-5-7-15)19(25)22-21-18(24)16-8-10-17(20)11-9-16/h2-11H,1,12-14H2,(H,21,24)(H,22,25). The van der Waals surface area contributed by atoms with E-state index in [2.05, 4.69) is 17.4 Å². The third-order valence-corrected chi connectivity index (χ3v) is 3.54. The van der Waals surface area contributed by atoms with Gasteiger partial charge in [0, 0.05) is 18.7 Å². The van der Waals surface area contributed by atoms with Crippen molar-refractivity contribution in [2.75, 3.05) is 13.1 Å². The van der Waals surface area contributed by atoms with E-state index in [-0.39, 0.29) is 5.56 Å². The molecule has 25 heavy (non-hydrogen) atoms. The lowest BCUT2D eigenvalue weighted by Gasteiger charge is -2.21. The highest BCUT2D eigenvalue weighted by atomic mass is 19.1. The van der Waals surface area contributed by atoms with E-state index in [9.17, 15) is 14.0 Å². The topological polar surface area (TPSA) is 61.4 Å². The molecule has 0 fully saturated rings. The minimum Gasteiger partial charge on any atom is -0.319 e. The van der Waals surface area contributed by atoms with Crippen molar-refractivity contribution < 1.29 is 14.0 Å². The number of carbonyl (C=O) groups excluding carboxylic acids is 2. The Hall–Kier alpha value is -3.15. The van der Waals surface area contributed by atoms with Gasteiger partial charge in [-0.15, -0.1) is 6.58 Å². The first-order valence-electron chi connectivity index (χ1n) is 7.86. The molecule has 0 aromatic heterocycles. The number of hydrogen-bond acceptors (Lipinski definition) is 2. The molecule has 2 rings (SSSR count). The number of benzene rings is 2. The van der Waals surface area contributed by atoms with Gasteiger partial charge in [-0.2, -0.15) is 0 Å². The summed E-state index contributed by atoms with van der Waals surface area (Å²) in [5, 5.41) is 0. The Morgan fingerprint density at radius 3 is 2.36 bits per heavy atom. The number of halogens is 1. The molecule has 0 radical (unpaired) electrons. The molecule has 2 aromatic rings. The molecule has 2 aromatic carbocycles. The van der Waals surface area contributed by atoms with Crippen molar-refractivity contribution in [1.29, 1.82) is 0 Å². The molecule has 0 heterocycles. The first-order chi connectivity index (χ1) is 12.1. The fourth-order valence-corrected chi connectivity index (χ4v) is 2.20. The summed E-state index contributed by atoms with van der Waals surface area (Å²) in [6.45, 7) is 4.48. The van der Waals surface area contributed by atoms with Crippen LogP contribution in [0.2, 0.25) is 0 Å². The second-order valence-electron chi connectivity index (χ2n) is 5.36. The molecule has 6 heteroatoms. The van der Waals surface area contributed by atoms with Gasteiger partial charge < -0.3 is 4.90 Å². The first kappa shape index (κ1) is 18.2. The van der Waals surface area contributed by atoms with Crippen LogP contribution in [0.25, 0.3) is 0 Å². The Morgan fingerprint density at radius 1 is 1.04 bits per heavy atom. The number of rotatable bonds is 6. The van der Waals surface area contributed by atoms with Crippen LogP contribution in [0.15, 0.2) is 67.3 Å². The van der Waals surface area contributed by atoms with E-state index in [1.54, 1.807) is 6.08 Å². The van der Waals surface area contributed by atoms with Crippen molar-refractivity contribution in [1.82, 2.24) is 15.8 Å². The van der Waals surface area contributed by atoms with E-state index >= 15 is 0 Å². The number of hydrazine groups is 1. The van der Waals surface area contributed by atoms with Crippen molar-refractivity contribution >= 4 is 11.9 Å². The number of nitrogens with zero attached hydrogens (tertiary/aromatic N) is 1. The largest absolute Gasteiger partial charge is 0.336 e. The fourth-order valence-electron chi connectivity index (χ4n) is 2.20. The van der Waals surface area contributed by atoms with Gasteiger partial charge in [0.25, 0.3) is 5.91 Å².